The van der Waals surface area contributed by atoms with E-state index in [9.17, 15) is 14.7 Å². The van der Waals surface area contributed by atoms with Gasteiger partial charge in [-0.15, -0.1) is 0 Å². The largest absolute Gasteiger partial charge is 0.490 e. The lowest BCUT2D eigenvalue weighted by Gasteiger charge is -2.23. The van der Waals surface area contributed by atoms with Crippen molar-refractivity contribution in [2.24, 2.45) is 5.41 Å². The number of β-amino-alcohol motifs (C(OH)–C–C–N with tert-alkyl or cyclic N) is 1. The Labute approximate surface area is 146 Å². The average Bonchev–Trinajstić information content (AvgIpc) is 3.08. The first-order valence-electron chi connectivity index (χ1n) is 8.22. The van der Waals surface area contributed by atoms with Gasteiger partial charge in [-0.3, -0.25) is 14.5 Å². The molecule has 0 aliphatic carbocycles. The fourth-order valence-corrected chi connectivity index (χ4v) is 4.87. The van der Waals surface area contributed by atoms with Crippen LogP contribution in [0.1, 0.15) is 24.0 Å². The molecule has 2 aliphatic heterocycles. The van der Waals surface area contributed by atoms with Crippen LogP contribution in [0, 0.1) is 19.3 Å². The Morgan fingerprint density at radius 1 is 1.33 bits per heavy atom. The number of aryl methyl sites for hydroxylation is 2. The van der Waals surface area contributed by atoms with Gasteiger partial charge in [0, 0.05) is 12.2 Å². The normalized spacial score (nSPS) is 24.9. The van der Waals surface area contributed by atoms with Gasteiger partial charge in [-0.2, -0.15) is 11.8 Å². The number of imide groups is 1. The number of amides is 2. The van der Waals surface area contributed by atoms with Crippen molar-refractivity contribution in [2.45, 2.75) is 32.8 Å². The molecule has 3 rings (SSSR count). The minimum Gasteiger partial charge on any atom is -0.490 e. The van der Waals surface area contributed by atoms with Gasteiger partial charge in [0.2, 0.25) is 11.8 Å². The summed E-state index contributed by atoms with van der Waals surface area (Å²) in [4.78, 5) is 26.0. The summed E-state index contributed by atoms with van der Waals surface area (Å²) in [6.07, 6.45) is 0.151. The molecule has 0 unspecified atom stereocenters. The average molecular weight is 349 g/mol. The summed E-state index contributed by atoms with van der Waals surface area (Å²) in [5, 5.41) is 10.2. The minimum absolute atomic E-state index is 0.00894. The van der Waals surface area contributed by atoms with Gasteiger partial charge >= 0.3 is 0 Å². The van der Waals surface area contributed by atoms with E-state index in [1.54, 1.807) is 11.8 Å². The first-order chi connectivity index (χ1) is 11.4. The highest BCUT2D eigenvalue weighted by Gasteiger charge is 2.53. The Bertz CT molecular complexity index is 634. The van der Waals surface area contributed by atoms with Gasteiger partial charge in [-0.1, -0.05) is 18.2 Å². The Kier molecular flexibility index (Phi) is 4.88. The number of aliphatic hydroxyl groups excluding tert-OH is 1. The topological polar surface area (TPSA) is 66.8 Å². The van der Waals surface area contributed by atoms with E-state index in [-0.39, 0.29) is 31.4 Å². The molecule has 2 amide bonds. The monoisotopic (exact) mass is 349 g/mol. The number of carbonyl (C=O) groups excluding carboxylic acids is 2. The van der Waals surface area contributed by atoms with Crippen molar-refractivity contribution < 1.29 is 19.4 Å². The number of rotatable bonds is 5. The Hall–Kier alpha value is -1.53. The second kappa shape index (κ2) is 6.76. The minimum atomic E-state index is -0.888. The summed E-state index contributed by atoms with van der Waals surface area (Å²) >= 11 is 1.72. The van der Waals surface area contributed by atoms with Crippen molar-refractivity contribution in [3.05, 3.63) is 29.3 Å². The molecular weight excluding hydrogens is 326 g/mol. The van der Waals surface area contributed by atoms with E-state index in [4.69, 9.17) is 4.74 Å². The summed E-state index contributed by atoms with van der Waals surface area (Å²) in [6, 6.07) is 5.85. The molecule has 2 saturated heterocycles. The van der Waals surface area contributed by atoms with Crippen LogP contribution in [0.2, 0.25) is 0 Å². The Balaban J connectivity index is 1.60. The van der Waals surface area contributed by atoms with E-state index in [0.717, 1.165) is 29.1 Å². The maximum atomic E-state index is 12.6. The van der Waals surface area contributed by atoms with Crippen molar-refractivity contribution in [1.82, 2.24) is 4.90 Å². The van der Waals surface area contributed by atoms with Gasteiger partial charge in [-0.05, 0) is 37.1 Å². The predicted molar refractivity (Wildman–Crippen MR) is 93.1 cm³/mol. The third-order valence-corrected chi connectivity index (χ3v) is 6.06. The highest BCUT2D eigenvalue weighted by atomic mass is 32.2. The summed E-state index contributed by atoms with van der Waals surface area (Å²) < 4.78 is 5.72. The smallest absolute Gasteiger partial charge is 0.236 e. The molecule has 2 atom stereocenters. The van der Waals surface area contributed by atoms with Gasteiger partial charge in [0.1, 0.15) is 18.5 Å². The number of nitrogens with zero attached hydrogens (tertiary/aromatic N) is 1. The SMILES string of the molecule is Cc1cccc(C)c1OC[C@@H](O)CN1C(=O)C[C@@]2(CCSC2)C1=O. The van der Waals surface area contributed by atoms with Crippen molar-refractivity contribution >= 4 is 23.6 Å². The highest BCUT2D eigenvalue weighted by molar-refractivity contribution is 7.99. The maximum Gasteiger partial charge on any atom is 0.236 e. The van der Waals surface area contributed by atoms with E-state index >= 15 is 0 Å². The summed E-state index contributed by atoms with van der Waals surface area (Å²) in [7, 11) is 0. The summed E-state index contributed by atoms with van der Waals surface area (Å²) in [5.41, 5.74) is 1.48. The van der Waals surface area contributed by atoms with E-state index in [1.807, 2.05) is 32.0 Å². The second-order valence-electron chi connectivity index (χ2n) is 6.75. The lowest BCUT2D eigenvalue weighted by Crippen LogP contribution is -2.42. The molecule has 130 valence electrons. The van der Waals surface area contributed by atoms with Crippen LogP contribution in [0.3, 0.4) is 0 Å². The molecular formula is C18H23NO4S. The van der Waals surface area contributed by atoms with Crippen LogP contribution in [-0.4, -0.2) is 52.6 Å². The first-order valence-corrected chi connectivity index (χ1v) is 9.38. The fraction of sp³-hybridized carbons (Fsp3) is 0.556. The van der Waals surface area contributed by atoms with Crippen LogP contribution in [0.25, 0.3) is 0 Å². The zero-order valence-electron chi connectivity index (χ0n) is 14.1. The molecule has 2 aliphatic rings. The van der Waals surface area contributed by atoms with Crippen molar-refractivity contribution in [3.63, 3.8) is 0 Å². The van der Waals surface area contributed by atoms with Crippen molar-refractivity contribution in [3.8, 4) is 5.75 Å². The number of likely N-dealkylation sites (tertiary alicyclic amines) is 1. The molecule has 0 bridgehead atoms. The number of thioether (sulfide) groups is 1. The van der Waals surface area contributed by atoms with Crippen LogP contribution in [-0.2, 0) is 9.59 Å². The Morgan fingerprint density at radius 3 is 2.67 bits per heavy atom. The van der Waals surface area contributed by atoms with Crippen LogP contribution in [0.5, 0.6) is 5.75 Å². The quantitative estimate of drug-likeness (QED) is 0.823. The predicted octanol–water partition coefficient (Wildman–Crippen LogP) is 1.93. The van der Waals surface area contributed by atoms with Crippen LogP contribution in [0.4, 0.5) is 0 Å². The fourth-order valence-electron chi connectivity index (χ4n) is 3.43. The molecule has 5 nitrogen and oxygen atoms in total. The van der Waals surface area contributed by atoms with Gasteiger partial charge < -0.3 is 9.84 Å². The lowest BCUT2D eigenvalue weighted by atomic mass is 9.86. The van der Waals surface area contributed by atoms with Gasteiger partial charge in [0.15, 0.2) is 0 Å². The van der Waals surface area contributed by atoms with E-state index in [0.29, 0.717) is 5.75 Å². The standard InChI is InChI=1S/C18H23NO4S/c1-12-4-3-5-13(2)16(12)23-10-14(20)9-19-15(21)8-18(17(19)22)6-7-24-11-18/h3-5,14,20H,6-11H2,1-2H3/t14-,18+/m0/s1. The number of ether oxygens (including phenoxy) is 1. The molecule has 1 aromatic carbocycles. The molecule has 0 saturated carbocycles. The van der Waals surface area contributed by atoms with Crippen LogP contribution < -0.4 is 4.74 Å². The third-order valence-electron chi connectivity index (χ3n) is 4.81. The number of hydrogen-bond donors (Lipinski definition) is 1. The zero-order chi connectivity index (χ0) is 17.3. The molecule has 1 spiro atoms. The van der Waals surface area contributed by atoms with E-state index in [1.165, 1.54) is 4.90 Å². The molecule has 2 heterocycles. The molecule has 1 aromatic rings. The lowest BCUT2D eigenvalue weighted by molar-refractivity contribution is -0.142. The number of aliphatic hydroxyl groups is 1. The van der Waals surface area contributed by atoms with Gasteiger partial charge in [0.05, 0.1) is 12.0 Å². The number of hydrogen-bond acceptors (Lipinski definition) is 5. The zero-order valence-corrected chi connectivity index (χ0v) is 14.9. The van der Waals surface area contributed by atoms with Gasteiger partial charge in [0.25, 0.3) is 0 Å². The first kappa shape index (κ1) is 17.3. The van der Waals surface area contributed by atoms with Crippen molar-refractivity contribution in [2.75, 3.05) is 24.7 Å². The Morgan fingerprint density at radius 2 is 2.04 bits per heavy atom. The number of benzene rings is 1. The molecule has 1 N–H and O–H groups in total. The van der Waals surface area contributed by atoms with Crippen LogP contribution >= 0.6 is 11.8 Å². The third kappa shape index (κ3) is 3.17. The molecule has 0 radical (unpaired) electrons. The van der Waals surface area contributed by atoms with E-state index < -0.39 is 11.5 Å². The molecule has 0 aromatic heterocycles. The molecule has 2 fully saturated rings. The summed E-state index contributed by atoms with van der Waals surface area (Å²) in [6.45, 7) is 3.97. The molecule has 6 heteroatoms. The van der Waals surface area contributed by atoms with Crippen LogP contribution in [0.15, 0.2) is 18.2 Å². The molecule has 24 heavy (non-hydrogen) atoms. The van der Waals surface area contributed by atoms with Crippen molar-refractivity contribution in [1.29, 1.82) is 0 Å². The highest BCUT2D eigenvalue weighted by Crippen LogP contribution is 2.44. The maximum absolute atomic E-state index is 12.6. The number of para-hydroxylation sites is 1. The number of carbonyl (C=O) groups is 2. The second-order valence-corrected chi connectivity index (χ2v) is 7.86. The van der Waals surface area contributed by atoms with Gasteiger partial charge in [-0.25, -0.2) is 0 Å². The summed E-state index contributed by atoms with van der Waals surface area (Å²) in [5.74, 6) is 2.09. The van der Waals surface area contributed by atoms with E-state index in [2.05, 4.69) is 0 Å².